The fourth-order valence-electron chi connectivity index (χ4n) is 1.82. The van der Waals surface area contributed by atoms with Crippen LogP contribution in [0.3, 0.4) is 0 Å². The van der Waals surface area contributed by atoms with E-state index in [1.165, 1.54) is 0 Å². The van der Waals surface area contributed by atoms with Crippen LogP contribution in [-0.2, 0) is 17.6 Å². The number of carbonyl (C=O) groups is 1. The lowest BCUT2D eigenvalue weighted by molar-refractivity contribution is -0.118. The van der Waals surface area contributed by atoms with Crippen LogP contribution >= 0.6 is 0 Å². The number of rotatable bonds is 1. The predicted octanol–water partition coefficient (Wildman–Crippen LogP) is 1.46. The van der Waals surface area contributed by atoms with Gasteiger partial charge in [0.15, 0.2) is 0 Å². The quantitative estimate of drug-likeness (QED) is 0.732. The maximum Gasteiger partial charge on any atom is 0.137 e. The van der Waals surface area contributed by atoms with Gasteiger partial charge < -0.3 is 9.84 Å². The van der Waals surface area contributed by atoms with Crippen LogP contribution < -0.4 is 4.74 Å². The van der Waals surface area contributed by atoms with Gasteiger partial charge in [0.1, 0.15) is 17.3 Å². The molecule has 3 heteroatoms. The molecule has 0 saturated carbocycles. The summed E-state index contributed by atoms with van der Waals surface area (Å²) in [7, 11) is 1.55. The Morgan fingerprint density at radius 3 is 2.86 bits per heavy atom. The topological polar surface area (TPSA) is 46.5 Å². The molecule has 14 heavy (non-hydrogen) atoms. The van der Waals surface area contributed by atoms with Crippen molar-refractivity contribution in [3.05, 3.63) is 23.3 Å². The molecule has 3 nitrogen and oxygen atoms in total. The number of methoxy groups -OCH3 is 1. The molecule has 1 aliphatic carbocycles. The average molecular weight is 192 g/mol. The Kier molecular flexibility index (Phi) is 2.15. The molecule has 74 valence electrons. The van der Waals surface area contributed by atoms with Crippen LogP contribution in [0.5, 0.6) is 11.5 Å². The van der Waals surface area contributed by atoms with Gasteiger partial charge >= 0.3 is 0 Å². The summed E-state index contributed by atoms with van der Waals surface area (Å²) >= 11 is 0. The van der Waals surface area contributed by atoms with Gasteiger partial charge in [-0.15, -0.1) is 0 Å². The first-order chi connectivity index (χ1) is 6.70. The Balaban J connectivity index is 2.48. The first-order valence-corrected chi connectivity index (χ1v) is 4.61. The van der Waals surface area contributed by atoms with Crippen molar-refractivity contribution in [2.24, 2.45) is 0 Å². The SMILES string of the molecule is COc1cc(O)c2c(c1)CC(=O)CC2. The third-order valence-electron chi connectivity index (χ3n) is 2.57. The predicted molar refractivity (Wildman–Crippen MR) is 51.7 cm³/mol. The van der Waals surface area contributed by atoms with Gasteiger partial charge in [-0.2, -0.15) is 0 Å². The molecular weight excluding hydrogens is 180 g/mol. The van der Waals surface area contributed by atoms with Gasteiger partial charge in [-0.3, -0.25) is 4.79 Å². The first kappa shape index (κ1) is 9.06. The molecule has 0 bridgehead atoms. The van der Waals surface area contributed by atoms with Crippen molar-refractivity contribution in [2.75, 3.05) is 7.11 Å². The normalized spacial score (nSPS) is 15.1. The summed E-state index contributed by atoms with van der Waals surface area (Å²) < 4.78 is 5.03. The lowest BCUT2D eigenvalue weighted by Crippen LogP contribution is -2.13. The van der Waals surface area contributed by atoms with Gasteiger partial charge in [-0.05, 0) is 23.6 Å². The summed E-state index contributed by atoms with van der Waals surface area (Å²) in [5.74, 6) is 1.08. The molecule has 0 amide bonds. The number of benzene rings is 1. The maximum atomic E-state index is 11.2. The summed E-state index contributed by atoms with van der Waals surface area (Å²) in [6.07, 6.45) is 1.59. The highest BCUT2D eigenvalue weighted by Gasteiger charge is 2.19. The van der Waals surface area contributed by atoms with Crippen molar-refractivity contribution in [2.45, 2.75) is 19.3 Å². The summed E-state index contributed by atoms with van der Waals surface area (Å²) in [6.45, 7) is 0. The minimum Gasteiger partial charge on any atom is -0.508 e. The highest BCUT2D eigenvalue weighted by molar-refractivity contribution is 5.83. The summed E-state index contributed by atoms with van der Waals surface area (Å²) in [5.41, 5.74) is 1.79. The van der Waals surface area contributed by atoms with Crippen LogP contribution in [0.2, 0.25) is 0 Å². The molecule has 1 aromatic rings. The molecular formula is C11H12O3. The molecule has 0 saturated heterocycles. The number of hydrogen-bond donors (Lipinski definition) is 1. The van der Waals surface area contributed by atoms with Crippen molar-refractivity contribution in [3.63, 3.8) is 0 Å². The Morgan fingerprint density at radius 2 is 2.14 bits per heavy atom. The summed E-state index contributed by atoms with van der Waals surface area (Å²) in [5, 5.41) is 9.66. The van der Waals surface area contributed by atoms with Crippen molar-refractivity contribution < 1.29 is 14.6 Å². The number of phenols is 1. The molecule has 0 radical (unpaired) electrons. The zero-order valence-corrected chi connectivity index (χ0v) is 8.04. The minimum absolute atomic E-state index is 0.227. The molecule has 0 aromatic heterocycles. The van der Waals surface area contributed by atoms with E-state index in [1.807, 2.05) is 6.07 Å². The highest BCUT2D eigenvalue weighted by atomic mass is 16.5. The van der Waals surface area contributed by atoms with Crippen LogP contribution in [0.1, 0.15) is 17.5 Å². The van der Waals surface area contributed by atoms with Gasteiger partial charge in [0.05, 0.1) is 7.11 Å². The van der Waals surface area contributed by atoms with Crippen molar-refractivity contribution in [3.8, 4) is 11.5 Å². The van der Waals surface area contributed by atoms with E-state index in [9.17, 15) is 9.90 Å². The van der Waals surface area contributed by atoms with Gasteiger partial charge in [0, 0.05) is 18.9 Å². The second-order valence-corrected chi connectivity index (χ2v) is 3.50. The Hall–Kier alpha value is -1.51. The Labute approximate surface area is 82.3 Å². The van der Waals surface area contributed by atoms with E-state index >= 15 is 0 Å². The smallest absolute Gasteiger partial charge is 0.137 e. The molecule has 0 unspecified atom stereocenters. The summed E-state index contributed by atoms with van der Waals surface area (Å²) in [6, 6.07) is 3.42. The molecule has 1 aromatic carbocycles. The highest BCUT2D eigenvalue weighted by Crippen LogP contribution is 2.31. The van der Waals surface area contributed by atoms with E-state index in [0.29, 0.717) is 25.0 Å². The van der Waals surface area contributed by atoms with Crippen molar-refractivity contribution in [1.29, 1.82) is 0 Å². The Morgan fingerprint density at radius 1 is 1.36 bits per heavy atom. The molecule has 0 heterocycles. The third kappa shape index (κ3) is 1.45. The second kappa shape index (κ2) is 3.33. The van der Waals surface area contributed by atoms with Gasteiger partial charge in [-0.25, -0.2) is 0 Å². The second-order valence-electron chi connectivity index (χ2n) is 3.50. The lowest BCUT2D eigenvalue weighted by Gasteiger charge is -2.17. The molecule has 0 atom stereocenters. The lowest BCUT2D eigenvalue weighted by atomic mass is 9.90. The third-order valence-corrected chi connectivity index (χ3v) is 2.57. The standard InChI is InChI=1S/C11H12O3/c1-14-9-5-7-4-8(12)2-3-10(7)11(13)6-9/h5-6,13H,2-4H2,1H3. The number of Topliss-reactive ketones (excluding diaryl/α,β-unsaturated/α-hetero) is 1. The molecule has 0 fully saturated rings. The molecule has 0 spiro atoms. The van der Waals surface area contributed by atoms with Crippen molar-refractivity contribution in [1.82, 2.24) is 0 Å². The van der Waals surface area contributed by atoms with Crippen LogP contribution in [-0.4, -0.2) is 18.0 Å². The van der Waals surface area contributed by atoms with Crippen LogP contribution in [0.4, 0.5) is 0 Å². The van der Waals surface area contributed by atoms with E-state index in [1.54, 1.807) is 13.2 Å². The van der Waals surface area contributed by atoms with E-state index in [2.05, 4.69) is 0 Å². The Bertz CT molecular complexity index is 382. The largest absolute Gasteiger partial charge is 0.508 e. The number of hydrogen-bond acceptors (Lipinski definition) is 3. The first-order valence-electron chi connectivity index (χ1n) is 4.61. The van der Waals surface area contributed by atoms with Crippen LogP contribution in [0.15, 0.2) is 12.1 Å². The minimum atomic E-state index is 0.227. The van der Waals surface area contributed by atoms with Gasteiger partial charge in [0.2, 0.25) is 0 Å². The van der Waals surface area contributed by atoms with Crippen LogP contribution in [0.25, 0.3) is 0 Å². The molecule has 1 aliphatic rings. The number of ether oxygens (including phenoxy) is 1. The number of phenolic OH excluding ortho intramolecular Hbond substituents is 1. The number of aromatic hydroxyl groups is 1. The zero-order valence-electron chi connectivity index (χ0n) is 8.04. The molecule has 0 aliphatic heterocycles. The average Bonchev–Trinajstić information content (AvgIpc) is 2.16. The van der Waals surface area contributed by atoms with E-state index < -0.39 is 0 Å². The monoisotopic (exact) mass is 192 g/mol. The van der Waals surface area contributed by atoms with E-state index in [-0.39, 0.29) is 11.5 Å². The number of ketones is 1. The number of fused-ring (bicyclic) bond motifs is 1. The molecule has 1 N–H and O–H groups in total. The van der Waals surface area contributed by atoms with Crippen molar-refractivity contribution >= 4 is 5.78 Å². The number of carbonyl (C=O) groups excluding carboxylic acids is 1. The fraction of sp³-hybridized carbons (Fsp3) is 0.364. The molecule has 2 rings (SSSR count). The maximum absolute atomic E-state index is 11.2. The van der Waals surface area contributed by atoms with E-state index in [0.717, 1.165) is 11.1 Å². The van der Waals surface area contributed by atoms with Gasteiger partial charge in [0.25, 0.3) is 0 Å². The van der Waals surface area contributed by atoms with Gasteiger partial charge in [-0.1, -0.05) is 0 Å². The summed E-state index contributed by atoms with van der Waals surface area (Å²) in [4.78, 5) is 11.2. The van der Waals surface area contributed by atoms with Crippen LogP contribution in [0, 0.1) is 0 Å². The fourth-order valence-corrected chi connectivity index (χ4v) is 1.82. The zero-order chi connectivity index (χ0) is 10.1. The van der Waals surface area contributed by atoms with E-state index in [4.69, 9.17) is 4.74 Å².